The molecule has 1 aliphatic heterocycles. The van der Waals surface area contributed by atoms with E-state index in [9.17, 15) is 9.59 Å². The van der Waals surface area contributed by atoms with Crippen molar-refractivity contribution in [2.75, 3.05) is 46.8 Å². The molecule has 3 aromatic rings. The molecule has 2 amide bonds. The molecule has 3 aromatic carbocycles. The molecule has 0 saturated carbocycles. The maximum absolute atomic E-state index is 13.1. The summed E-state index contributed by atoms with van der Waals surface area (Å²) in [7, 11) is 3.92. The van der Waals surface area contributed by atoms with Crippen LogP contribution in [0.3, 0.4) is 0 Å². The Bertz CT molecular complexity index is 1280. The maximum Gasteiger partial charge on any atom is 0.253 e. The van der Waals surface area contributed by atoms with E-state index in [1.54, 1.807) is 11.8 Å². The van der Waals surface area contributed by atoms with Crippen LogP contribution in [0.1, 0.15) is 47.3 Å². The molecule has 0 bridgehead atoms. The second-order valence-corrected chi connectivity index (χ2v) is 11.5. The molecule has 212 valence electrons. The van der Waals surface area contributed by atoms with Crippen molar-refractivity contribution in [1.82, 2.24) is 20.0 Å². The predicted molar refractivity (Wildman–Crippen MR) is 163 cm³/mol. The maximum atomic E-state index is 13.1. The number of nitrogens with zero attached hydrogens (tertiary/aromatic N) is 3. The highest BCUT2D eigenvalue weighted by Gasteiger charge is 2.37. The largest absolute Gasteiger partial charge is 0.347 e. The lowest BCUT2D eigenvalue weighted by atomic mass is 9.80. The average Bonchev–Trinajstić information content (AvgIpc) is 2.97. The fourth-order valence-corrected chi connectivity index (χ4v) is 5.86. The summed E-state index contributed by atoms with van der Waals surface area (Å²) >= 11 is 12.6. The molecule has 0 radical (unpaired) electrons. The zero-order chi connectivity index (χ0) is 28.7. The van der Waals surface area contributed by atoms with Crippen molar-refractivity contribution >= 4 is 35.0 Å². The van der Waals surface area contributed by atoms with Crippen LogP contribution in [-0.2, 0) is 10.3 Å². The summed E-state index contributed by atoms with van der Waals surface area (Å²) in [6.45, 7) is 5.53. The number of halogens is 2. The number of amides is 2. The summed E-state index contributed by atoms with van der Waals surface area (Å²) < 4.78 is 0. The third kappa shape index (κ3) is 7.43. The van der Waals surface area contributed by atoms with E-state index in [4.69, 9.17) is 23.2 Å². The quantitative estimate of drug-likeness (QED) is 0.326. The molecule has 4 rings (SSSR count). The van der Waals surface area contributed by atoms with Crippen molar-refractivity contribution in [2.24, 2.45) is 0 Å². The molecule has 40 heavy (non-hydrogen) atoms. The van der Waals surface area contributed by atoms with Gasteiger partial charge in [0.2, 0.25) is 5.91 Å². The summed E-state index contributed by atoms with van der Waals surface area (Å²) in [5.41, 5.74) is 2.50. The predicted octanol–water partition coefficient (Wildman–Crippen LogP) is 5.87. The van der Waals surface area contributed by atoms with Crippen molar-refractivity contribution in [3.63, 3.8) is 0 Å². The smallest absolute Gasteiger partial charge is 0.253 e. The Hall–Kier alpha value is -2.90. The highest BCUT2D eigenvalue weighted by Crippen LogP contribution is 2.33. The van der Waals surface area contributed by atoms with Crippen molar-refractivity contribution < 1.29 is 9.59 Å². The molecule has 6 nitrogen and oxygen atoms in total. The fourth-order valence-electron chi connectivity index (χ4n) is 5.56. The summed E-state index contributed by atoms with van der Waals surface area (Å²) in [6, 6.07) is 25.2. The molecule has 0 spiro atoms. The third-order valence-corrected chi connectivity index (χ3v) is 8.63. The van der Waals surface area contributed by atoms with Gasteiger partial charge in [-0.25, -0.2) is 0 Å². The molecule has 1 unspecified atom stereocenters. The molecular formula is C32H38Cl2N4O2. The van der Waals surface area contributed by atoms with Gasteiger partial charge in [-0.1, -0.05) is 77.8 Å². The summed E-state index contributed by atoms with van der Waals surface area (Å²) in [4.78, 5) is 31.7. The number of piperidine rings is 1. The van der Waals surface area contributed by atoms with E-state index in [1.807, 2.05) is 73.8 Å². The minimum atomic E-state index is -0.335. The normalized spacial score (nSPS) is 15.9. The van der Waals surface area contributed by atoms with Crippen molar-refractivity contribution in [3.05, 3.63) is 106 Å². The Kier molecular flexibility index (Phi) is 10.3. The van der Waals surface area contributed by atoms with E-state index >= 15 is 0 Å². The molecule has 1 aliphatic rings. The minimum Gasteiger partial charge on any atom is -0.347 e. The van der Waals surface area contributed by atoms with Gasteiger partial charge in [0.25, 0.3) is 5.91 Å². The average molecular weight is 582 g/mol. The first-order chi connectivity index (χ1) is 19.2. The lowest BCUT2D eigenvalue weighted by Gasteiger charge is -2.43. The summed E-state index contributed by atoms with van der Waals surface area (Å²) in [5, 5.41) is 4.27. The zero-order valence-corrected chi connectivity index (χ0v) is 25.0. The van der Waals surface area contributed by atoms with Crippen LogP contribution in [-0.4, -0.2) is 73.3 Å². The molecule has 1 N–H and O–H groups in total. The molecule has 1 heterocycles. The standard InChI is InChI=1S/C32H38Cl2N4O2/c1-24(39)35-32(27-12-8-5-9-13-27)16-18-38(19-17-32)21-20-36(2)30(26-14-15-28(33)29(34)22-26)23-37(3)31(40)25-10-6-4-7-11-25/h4-15,22,30H,16-21,23H2,1-3H3,(H,35,39). The number of nitrogens with one attached hydrogen (secondary N) is 1. The second-order valence-electron chi connectivity index (χ2n) is 10.7. The van der Waals surface area contributed by atoms with Crippen LogP contribution in [0.4, 0.5) is 0 Å². The zero-order valence-electron chi connectivity index (χ0n) is 23.4. The SMILES string of the molecule is CC(=O)NC1(c2ccccc2)CCN(CCN(C)C(CN(C)C(=O)c2ccccc2)c2ccc(Cl)c(Cl)c2)CC1. The van der Waals surface area contributed by atoms with Crippen LogP contribution in [0.15, 0.2) is 78.9 Å². The van der Waals surface area contributed by atoms with Gasteiger partial charge >= 0.3 is 0 Å². The highest BCUT2D eigenvalue weighted by atomic mass is 35.5. The van der Waals surface area contributed by atoms with E-state index in [2.05, 4.69) is 34.3 Å². The van der Waals surface area contributed by atoms with Gasteiger partial charge in [0.1, 0.15) is 0 Å². The van der Waals surface area contributed by atoms with Crippen LogP contribution >= 0.6 is 23.2 Å². The van der Waals surface area contributed by atoms with Crippen LogP contribution in [0.5, 0.6) is 0 Å². The van der Waals surface area contributed by atoms with Gasteiger partial charge in [-0.2, -0.15) is 0 Å². The molecule has 0 aromatic heterocycles. The van der Waals surface area contributed by atoms with Gasteiger partial charge in [0.15, 0.2) is 0 Å². The molecular weight excluding hydrogens is 543 g/mol. The van der Waals surface area contributed by atoms with Crippen molar-refractivity contribution in [1.29, 1.82) is 0 Å². The monoisotopic (exact) mass is 580 g/mol. The van der Waals surface area contributed by atoms with E-state index < -0.39 is 0 Å². The third-order valence-electron chi connectivity index (χ3n) is 7.89. The van der Waals surface area contributed by atoms with Crippen LogP contribution in [0, 0.1) is 0 Å². The number of benzene rings is 3. The number of rotatable bonds is 10. The number of carbonyl (C=O) groups excluding carboxylic acids is 2. The summed E-state index contributed by atoms with van der Waals surface area (Å²) in [5.74, 6) is -0.0269. The molecule has 1 saturated heterocycles. The number of carbonyl (C=O) groups is 2. The Morgan fingerprint density at radius 1 is 0.925 bits per heavy atom. The molecule has 1 atom stereocenters. The fraction of sp³-hybridized carbons (Fsp3) is 0.375. The van der Waals surface area contributed by atoms with Crippen LogP contribution in [0.2, 0.25) is 10.0 Å². The van der Waals surface area contributed by atoms with E-state index in [1.165, 1.54) is 0 Å². The van der Waals surface area contributed by atoms with Gasteiger partial charge in [-0.05, 0) is 55.3 Å². The van der Waals surface area contributed by atoms with E-state index in [-0.39, 0.29) is 23.4 Å². The minimum absolute atomic E-state index is 0.00401. The van der Waals surface area contributed by atoms with Gasteiger partial charge in [0, 0.05) is 52.3 Å². The van der Waals surface area contributed by atoms with Crippen LogP contribution < -0.4 is 5.32 Å². The van der Waals surface area contributed by atoms with Crippen LogP contribution in [0.25, 0.3) is 0 Å². The Balaban J connectivity index is 1.44. The Labute approximate surface area is 247 Å². The lowest BCUT2D eigenvalue weighted by Crippen LogP contribution is -2.53. The number of likely N-dealkylation sites (N-methyl/N-ethyl adjacent to an activating group) is 2. The number of hydrogen-bond donors (Lipinski definition) is 1. The first-order valence-electron chi connectivity index (χ1n) is 13.7. The number of hydrogen-bond acceptors (Lipinski definition) is 4. The second kappa shape index (κ2) is 13.6. The van der Waals surface area contributed by atoms with Gasteiger partial charge < -0.3 is 15.1 Å². The topological polar surface area (TPSA) is 55.9 Å². The van der Waals surface area contributed by atoms with Gasteiger partial charge in [0.05, 0.1) is 21.6 Å². The Morgan fingerprint density at radius 3 is 2.15 bits per heavy atom. The molecule has 0 aliphatic carbocycles. The Morgan fingerprint density at radius 2 is 1.55 bits per heavy atom. The molecule has 8 heteroatoms. The van der Waals surface area contributed by atoms with E-state index in [0.717, 1.165) is 50.1 Å². The lowest BCUT2D eigenvalue weighted by molar-refractivity contribution is -0.121. The van der Waals surface area contributed by atoms with Gasteiger partial charge in [-0.3, -0.25) is 14.5 Å². The van der Waals surface area contributed by atoms with E-state index in [0.29, 0.717) is 22.2 Å². The highest BCUT2D eigenvalue weighted by molar-refractivity contribution is 6.42. The van der Waals surface area contributed by atoms with Crippen molar-refractivity contribution in [3.8, 4) is 0 Å². The molecule has 1 fully saturated rings. The first kappa shape index (κ1) is 30.1. The summed E-state index contributed by atoms with van der Waals surface area (Å²) in [6.07, 6.45) is 1.70. The first-order valence-corrected chi connectivity index (χ1v) is 14.5. The van der Waals surface area contributed by atoms with Crippen molar-refractivity contribution in [2.45, 2.75) is 31.3 Å². The number of likely N-dealkylation sites (tertiary alicyclic amines) is 1. The van der Waals surface area contributed by atoms with Gasteiger partial charge in [-0.15, -0.1) is 0 Å².